The van der Waals surface area contributed by atoms with Crippen molar-refractivity contribution in [2.24, 2.45) is 0 Å². The standard InChI is InChI=1S/C13H11F3N2/c14-10-6-9(7-11(15)8-10)3-5-18-13-12(16)2-1-4-17-13/h1-2,4,6-8H,3,5H2,(H,17,18). The van der Waals surface area contributed by atoms with Crippen LogP contribution in [0.5, 0.6) is 0 Å². The third-order valence-electron chi connectivity index (χ3n) is 2.39. The first-order valence-corrected chi connectivity index (χ1v) is 5.44. The molecule has 0 amide bonds. The fourth-order valence-corrected chi connectivity index (χ4v) is 1.60. The minimum atomic E-state index is -0.617. The summed E-state index contributed by atoms with van der Waals surface area (Å²) in [6.45, 7) is 0.344. The Morgan fingerprint density at radius 2 is 1.78 bits per heavy atom. The van der Waals surface area contributed by atoms with E-state index in [9.17, 15) is 13.2 Å². The van der Waals surface area contributed by atoms with E-state index in [0.717, 1.165) is 6.07 Å². The molecule has 0 aliphatic carbocycles. The van der Waals surface area contributed by atoms with Gasteiger partial charge in [-0.1, -0.05) is 0 Å². The highest BCUT2D eigenvalue weighted by molar-refractivity contribution is 5.35. The molecule has 0 atom stereocenters. The van der Waals surface area contributed by atoms with Crippen molar-refractivity contribution in [2.75, 3.05) is 11.9 Å². The van der Waals surface area contributed by atoms with Gasteiger partial charge in [-0.15, -0.1) is 0 Å². The Labute approximate surface area is 102 Å². The molecule has 0 unspecified atom stereocenters. The van der Waals surface area contributed by atoms with E-state index >= 15 is 0 Å². The second kappa shape index (κ2) is 5.53. The van der Waals surface area contributed by atoms with Crippen molar-refractivity contribution in [3.8, 4) is 0 Å². The average Bonchev–Trinajstić information content (AvgIpc) is 2.30. The smallest absolute Gasteiger partial charge is 0.165 e. The molecular weight excluding hydrogens is 241 g/mol. The lowest BCUT2D eigenvalue weighted by atomic mass is 10.1. The van der Waals surface area contributed by atoms with Crippen molar-refractivity contribution in [1.29, 1.82) is 0 Å². The first-order valence-electron chi connectivity index (χ1n) is 5.44. The summed E-state index contributed by atoms with van der Waals surface area (Å²) >= 11 is 0. The fourth-order valence-electron chi connectivity index (χ4n) is 1.60. The summed E-state index contributed by atoms with van der Waals surface area (Å²) < 4.78 is 39.0. The lowest BCUT2D eigenvalue weighted by Gasteiger charge is -2.06. The van der Waals surface area contributed by atoms with E-state index in [1.54, 1.807) is 0 Å². The van der Waals surface area contributed by atoms with Crippen LogP contribution < -0.4 is 5.32 Å². The molecule has 18 heavy (non-hydrogen) atoms. The largest absolute Gasteiger partial charge is 0.367 e. The number of benzene rings is 1. The van der Waals surface area contributed by atoms with E-state index in [2.05, 4.69) is 10.3 Å². The van der Waals surface area contributed by atoms with Crippen LogP contribution in [0.4, 0.5) is 19.0 Å². The molecule has 0 radical (unpaired) electrons. The van der Waals surface area contributed by atoms with Crippen molar-refractivity contribution < 1.29 is 13.2 Å². The van der Waals surface area contributed by atoms with Crippen LogP contribution in [0.2, 0.25) is 0 Å². The summed E-state index contributed by atoms with van der Waals surface area (Å²) in [5.74, 6) is -1.56. The molecule has 1 heterocycles. The maximum absolute atomic E-state index is 13.2. The quantitative estimate of drug-likeness (QED) is 0.904. The highest BCUT2D eigenvalue weighted by Crippen LogP contribution is 2.11. The summed E-state index contributed by atoms with van der Waals surface area (Å²) in [6, 6.07) is 6.09. The van der Waals surface area contributed by atoms with E-state index in [4.69, 9.17) is 0 Å². The van der Waals surface area contributed by atoms with Gasteiger partial charge in [0.15, 0.2) is 11.6 Å². The zero-order valence-corrected chi connectivity index (χ0v) is 9.46. The third-order valence-corrected chi connectivity index (χ3v) is 2.39. The van der Waals surface area contributed by atoms with Crippen LogP contribution in [0.25, 0.3) is 0 Å². The van der Waals surface area contributed by atoms with Gasteiger partial charge >= 0.3 is 0 Å². The Balaban J connectivity index is 1.94. The second-order valence-corrected chi connectivity index (χ2v) is 3.79. The number of nitrogens with one attached hydrogen (secondary N) is 1. The topological polar surface area (TPSA) is 24.9 Å². The van der Waals surface area contributed by atoms with Crippen LogP contribution in [-0.4, -0.2) is 11.5 Å². The summed E-state index contributed by atoms with van der Waals surface area (Å²) in [7, 11) is 0. The highest BCUT2D eigenvalue weighted by Gasteiger charge is 2.03. The number of hydrogen-bond donors (Lipinski definition) is 1. The number of anilines is 1. The van der Waals surface area contributed by atoms with Crippen molar-refractivity contribution in [2.45, 2.75) is 6.42 Å². The number of halogens is 3. The number of nitrogens with zero attached hydrogens (tertiary/aromatic N) is 1. The maximum Gasteiger partial charge on any atom is 0.165 e. The minimum Gasteiger partial charge on any atom is -0.367 e. The van der Waals surface area contributed by atoms with E-state index in [1.165, 1.54) is 30.5 Å². The molecule has 0 fully saturated rings. The Hall–Kier alpha value is -2.04. The molecule has 0 aliphatic rings. The molecule has 5 heteroatoms. The number of pyridine rings is 1. The van der Waals surface area contributed by atoms with Gasteiger partial charge in [0.05, 0.1) is 0 Å². The van der Waals surface area contributed by atoms with Gasteiger partial charge in [0.2, 0.25) is 0 Å². The van der Waals surface area contributed by atoms with Crippen LogP contribution in [0.3, 0.4) is 0 Å². The molecule has 0 bridgehead atoms. The Morgan fingerprint density at radius 1 is 1.06 bits per heavy atom. The van der Waals surface area contributed by atoms with Gasteiger partial charge in [0, 0.05) is 18.8 Å². The Bertz CT molecular complexity index is 523. The molecule has 0 saturated carbocycles. The molecule has 2 rings (SSSR count). The molecule has 2 aromatic rings. The van der Waals surface area contributed by atoms with Crippen LogP contribution >= 0.6 is 0 Å². The van der Waals surface area contributed by atoms with Gasteiger partial charge in [0.1, 0.15) is 11.6 Å². The lowest BCUT2D eigenvalue weighted by Crippen LogP contribution is -2.08. The molecule has 1 N–H and O–H groups in total. The zero-order chi connectivity index (χ0) is 13.0. The van der Waals surface area contributed by atoms with Gasteiger partial charge < -0.3 is 5.32 Å². The molecule has 1 aromatic heterocycles. The second-order valence-electron chi connectivity index (χ2n) is 3.79. The van der Waals surface area contributed by atoms with Crippen molar-refractivity contribution >= 4 is 5.82 Å². The fraction of sp³-hybridized carbons (Fsp3) is 0.154. The van der Waals surface area contributed by atoms with Gasteiger partial charge in [-0.3, -0.25) is 0 Å². The SMILES string of the molecule is Fc1cc(F)cc(CCNc2ncccc2F)c1. The van der Waals surface area contributed by atoms with E-state index in [-0.39, 0.29) is 5.82 Å². The number of aromatic nitrogens is 1. The molecule has 0 saturated heterocycles. The molecule has 94 valence electrons. The molecule has 0 aliphatic heterocycles. The minimum absolute atomic E-state index is 0.134. The van der Waals surface area contributed by atoms with E-state index in [0.29, 0.717) is 18.5 Å². The molecular formula is C13H11F3N2. The zero-order valence-electron chi connectivity index (χ0n) is 9.46. The monoisotopic (exact) mass is 252 g/mol. The summed E-state index contributed by atoms with van der Waals surface area (Å²) in [6.07, 6.45) is 1.85. The Morgan fingerprint density at radius 3 is 2.44 bits per heavy atom. The third kappa shape index (κ3) is 3.23. The first kappa shape index (κ1) is 12.4. The van der Waals surface area contributed by atoms with E-state index < -0.39 is 17.5 Å². The van der Waals surface area contributed by atoms with Crippen LogP contribution in [0, 0.1) is 17.5 Å². The summed E-state index contributed by atoms with van der Waals surface area (Å²) in [4.78, 5) is 3.81. The summed E-state index contributed by atoms with van der Waals surface area (Å²) in [5, 5.41) is 2.77. The van der Waals surface area contributed by atoms with Crippen LogP contribution in [0.15, 0.2) is 36.5 Å². The van der Waals surface area contributed by atoms with Gasteiger partial charge in [-0.2, -0.15) is 0 Å². The first-order chi connectivity index (χ1) is 8.65. The highest BCUT2D eigenvalue weighted by atomic mass is 19.1. The van der Waals surface area contributed by atoms with Gasteiger partial charge in [-0.25, -0.2) is 18.2 Å². The van der Waals surface area contributed by atoms with Crippen molar-refractivity contribution in [3.05, 3.63) is 59.5 Å². The number of rotatable bonds is 4. The molecule has 2 nitrogen and oxygen atoms in total. The summed E-state index contributed by atoms with van der Waals surface area (Å²) in [5.41, 5.74) is 0.510. The van der Waals surface area contributed by atoms with Crippen LogP contribution in [0.1, 0.15) is 5.56 Å². The van der Waals surface area contributed by atoms with Gasteiger partial charge in [0.25, 0.3) is 0 Å². The van der Waals surface area contributed by atoms with Crippen molar-refractivity contribution in [3.63, 3.8) is 0 Å². The lowest BCUT2D eigenvalue weighted by molar-refractivity contribution is 0.579. The van der Waals surface area contributed by atoms with E-state index in [1.807, 2.05) is 0 Å². The maximum atomic E-state index is 13.2. The Kier molecular flexibility index (Phi) is 3.82. The normalized spacial score (nSPS) is 10.4. The van der Waals surface area contributed by atoms with Gasteiger partial charge in [-0.05, 0) is 36.2 Å². The van der Waals surface area contributed by atoms with Crippen LogP contribution in [-0.2, 0) is 6.42 Å². The predicted molar refractivity (Wildman–Crippen MR) is 62.7 cm³/mol. The number of hydrogen-bond acceptors (Lipinski definition) is 2. The van der Waals surface area contributed by atoms with Crippen molar-refractivity contribution in [1.82, 2.24) is 4.98 Å². The molecule has 0 spiro atoms. The molecule has 1 aromatic carbocycles. The predicted octanol–water partition coefficient (Wildman–Crippen LogP) is 3.15. The average molecular weight is 252 g/mol.